The number of rotatable bonds is 15. The molecule has 0 aromatic heterocycles. The van der Waals surface area contributed by atoms with Crippen LogP contribution in [0.4, 0.5) is 0 Å². The average molecular weight is 528 g/mol. The van der Waals surface area contributed by atoms with Crippen molar-refractivity contribution >= 4 is 17.7 Å². The molecule has 1 aliphatic heterocycles. The zero-order valence-electron chi connectivity index (χ0n) is 25.2. The molecule has 0 fully saturated rings. The van der Waals surface area contributed by atoms with Crippen LogP contribution in [-0.2, 0) is 19.1 Å². The number of carbonyl (C=O) groups is 3. The van der Waals surface area contributed by atoms with Crippen LogP contribution in [-0.4, -0.2) is 23.8 Å². The fourth-order valence-corrected chi connectivity index (χ4v) is 3.50. The van der Waals surface area contributed by atoms with Gasteiger partial charge in [0.05, 0.1) is 0 Å². The minimum Gasteiger partial charge on any atom is -0.454 e. The number of hydrogen-bond donors (Lipinski definition) is 1. The first-order chi connectivity index (χ1) is 18.2. The summed E-state index contributed by atoms with van der Waals surface area (Å²) in [6.45, 7) is 16.0. The molecule has 5 heteroatoms. The number of esters is 1. The Morgan fingerprint density at radius 1 is 1.00 bits per heavy atom. The molecule has 1 aliphatic rings. The van der Waals surface area contributed by atoms with E-state index in [1.54, 1.807) is 0 Å². The Balaban J connectivity index is 0. The van der Waals surface area contributed by atoms with Gasteiger partial charge in [-0.15, -0.1) is 0 Å². The van der Waals surface area contributed by atoms with Gasteiger partial charge in [-0.1, -0.05) is 94.7 Å². The van der Waals surface area contributed by atoms with Crippen LogP contribution in [0.2, 0.25) is 0 Å². The molecule has 0 bridgehead atoms. The topological polar surface area (TPSA) is 86.5 Å². The maximum absolute atomic E-state index is 12.1. The molecule has 1 rings (SSSR count). The number of cyclic esters (lactones) is 1. The van der Waals surface area contributed by atoms with Crippen LogP contribution in [0.3, 0.4) is 0 Å². The third-order valence-electron chi connectivity index (χ3n) is 5.65. The van der Waals surface area contributed by atoms with E-state index in [2.05, 4.69) is 31.2 Å². The number of Topliss-reactive ketones (excluding diaryl/α,β-unsaturated/α-hetero) is 1. The second kappa shape index (κ2) is 24.4. The molecular formula is C33H53NO4. The molecular weight excluding hydrogens is 474 g/mol. The van der Waals surface area contributed by atoms with Gasteiger partial charge in [0.2, 0.25) is 5.91 Å². The van der Waals surface area contributed by atoms with E-state index in [0.29, 0.717) is 12.8 Å². The second-order valence-electron chi connectivity index (χ2n) is 8.88. The first-order valence-corrected chi connectivity index (χ1v) is 14.3. The first-order valence-electron chi connectivity index (χ1n) is 14.3. The van der Waals surface area contributed by atoms with Crippen molar-refractivity contribution in [1.29, 1.82) is 0 Å². The van der Waals surface area contributed by atoms with E-state index in [9.17, 15) is 14.4 Å². The van der Waals surface area contributed by atoms with Gasteiger partial charge in [-0.25, -0.2) is 4.79 Å². The van der Waals surface area contributed by atoms with E-state index in [0.717, 1.165) is 49.7 Å². The lowest BCUT2D eigenvalue weighted by Gasteiger charge is -2.21. The smallest absolute Gasteiger partial charge is 0.331 e. The first kappa shape index (κ1) is 37.2. The zero-order chi connectivity index (χ0) is 29.3. The maximum Gasteiger partial charge on any atom is 0.331 e. The standard InChI is InChI=1S/C29H41NO4.2C2H6/c1-5-25(17-19-27-24(4)16-20-29(33)34-27)13-8-6-7-11-22(2)15-18-26(31)14-10-9-12-23(3)21-28(30)32;2*1-2/h7,11,13,15-17,19-21,24,27H,5-6,8-10,12,14,18H2,1-4H3,(H2,30,32);2*1-2H3/b11-7+,19-17+,22-15+,23-21+,25-13-;;/t24-,27?;;/m0../s1. The monoisotopic (exact) mass is 527 g/mol. The van der Waals surface area contributed by atoms with Crippen LogP contribution in [0.5, 0.6) is 0 Å². The van der Waals surface area contributed by atoms with Crippen molar-refractivity contribution in [2.75, 3.05) is 0 Å². The summed E-state index contributed by atoms with van der Waals surface area (Å²) in [5.74, 6) is -0.280. The van der Waals surface area contributed by atoms with E-state index >= 15 is 0 Å². The van der Waals surface area contributed by atoms with E-state index < -0.39 is 5.91 Å². The van der Waals surface area contributed by atoms with Crippen molar-refractivity contribution in [2.24, 2.45) is 11.7 Å². The van der Waals surface area contributed by atoms with Crippen LogP contribution in [0.1, 0.15) is 107 Å². The van der Waals surface area contributed by atoms with Gasteiger partial charge in [0.25, 0.3) is 0 Å². The number of allylic oxidation sites excluding steroid dienone is 8. The van der Waals surface area contributed by atoms with Gasteiger partial charge in [0.15, 0.2) is 0 Å². The minimum absolute atomic E-state index is 0.186. The van der Waals surface area contributed by atoms with E-state index in [1.165, 1.54) is 17.7 Å². The number of primary amides is 1. The highest BCUT2D eigenvalue weighted by atomic mass is 16.5. The molecule has 0 radical (unpaired) electrons. The molecule has 0 aromatic carbocycles. The van der Waals surface area contributed by atoms with Crippen molar-refractivity contribution in [3.63, 3.8) is 0 Å². The van der Waals surface area contributed by atoms with Gasteiger partial charge in [-0.2, -0.15) is 0 Å². The molecule has 38 heavy (non-hydrogen) atoms. The van der Waals surface area contributed by atoms with Crippen LogP contribution in [0.15, 0.2) is 71.4 Å². The Kier molecular flexibility index (Phi) is 23.9. The van der Waals surface area contributed by atoms with Gasteiger partial charge in [-0.05, 0) is 58.4 Å². The number of hydrogen-bond acceptors (Lipinski definition) is 4. The molecule has 214 valence electrons. The molecule has 1 amide bonds. The fraction of sp³-hybridized carbons (Fsp3) is 0.545. The number of carbonyl (C=O) groups excluding carboxylic acids is 3. The summed E-state index contributed by atoms with van der Waals surface area (Å²) in [4.78, 5) is 34.3. The Hall–Kier alpha value is -2.95. The summed E-state index contributed by atoms with van der Waals surface area (Å²) in [7, 11) is 0. The maximum atomic E-state index is 12.1. The van der Waals surface area contributed by atoms with Crippen molar-refractivity contribution < 1.29 is 19.1 Å². The molecule has 0 aromatic rings. The summed E-state index contributed by atoms with van der Waals surface area (Å²) >= 11 is 0. The number of unbranched alkanes of at least 4 members (excludes halogenated alkanes) is 2. The van der Waals surface area contributed by atoms with Crippen LogP contribution >= 0.6 is 0 Å². The summed E-state index contributed by atoms with van der Waals surface area (Å²) < 4.78 is 5.35. The van der Waals surface area contributed by atoms with Gasteiger partial charge in [-0.3, -0.25) is 9.59 Å². The molecule has 1 heterocycles. The molecule has 5 nitrogen and oxygen atoms in total. The van der Waals surface area contributed by atoms with Gasteiger partial charge < -0.3 is 10.5 Å². The van der Waals surface area contributed by atoms with Crippen molar-refractivity contribution in [1.82, 2.24) is 0 Å². The van der Waals surface area contributed by atoms with Crippen molar-refractivity contribution in [3.8, 4) is 0 Å². The van der Waals surface area contributed by atoms with Crippen molar-refractivity contribution in [3.05, 3.63) is 71.4 Å². The number of amides is 1. The Morgan fingerprint density at radius 3 is 2.29 bits per heavy atom. The summed E-state index contributed by atoms with van der Waals surface area (Å²) in [6, 6.07) is 0. The molecule has 0 aliphatic carbocycles. The molecule has 0 spiro atoms. The van der Waals surface area contributed by atoms with E-state index in [-0.39, 0.29) is 23.8 Å². The van der Waals surface area contributed by atoms with E-state index in [4.69, 9.17) is 10.5 Å². The highest BCUT2D eigenvalue weighted by Gasteiger charge is 2.20. The average Bonchev–Trinajstić information content (AvgIpc) is 2.90. The van der Waals surface area contributed by atoms with Gasteiger partial charge >= 0.3 is 5.97 Å². The fourth-order valence-electron chi connectivity index (χ4n) is 3.50. The molecule has 2 atom stereocenters. The molecule has 2 N–H and O–H groups in total. The largest absolute Gasteiger partial charge is 0.454 e. The van der Waals surface area contributed by atoms with E-state index in [1.807, 2.05) is 66.7 Å². The summed E-state index contributed by atoms with van der Waals surface area (Å²) in [5.41, 5.74) is 8.40. The highest BCUT2D eigenvalue weighted by molar-refractivity contribution is 5.86. The number of ketones is 1. The van der Waals surface area contributed by atoms with Gasteiger partial charge in [0, 0.05) is 30.9 Å². The predicted molar refractivity (Wildman–Crippen MR) is 162 cm³/mol. The Labute approximate surface area is 232 Å². The Bertz CT molecular complexity index is 871. The lowest BCUT2D eigenvalue weighted by molar-refractivity contribution is -0.143. The highest BCUT2D eigenvalue weighted by Crippen LogP contribution is 2.18. The normalized spacial score (nSPS) is 18.0. The Morgan fingerprint density at radius 2 is 1.66 bits per heavy atom. The van der Waals surface area contributed by atoms with Crippen LogP contribution in [0.25, 0.3) is 0 Å². The SMILES string of the molecule is CC.CC.CCC(=C/CC/C=C/C(C)=C/CC(=O)CCCC/C(C)=C/C(N)=O)/C=C/C1OC(=O)C=C[C@@H]1C. The summed E-state index contributed by atoms with van der Waals surface area (Å²) in [6.07, 6.45) is 23.3. The third kappa shape index (κ3) is 20.1. The second-order valence-corrected chi connectivity index (χ2v) is 8.88. The lowest BCUT2D eigenvalue weighted by Crippen LogP contribution is -2.25. The van der Waals surface area contributed by atoms with Crippen molar-refractivity contribution in [2.45, 2.75) is 113 Å². The molecule has 0 saturated carbocycles. The van der Waals surface area contributed by atoms with Crippen LogP contribution < -0.4 is 5.73 Å². The summed E-state index contributed by atoms with van der Waals surface area (Å²) in [5, 5.41) is 0. The zero-order valence-corrected chi connectivity index (χ0v) is 25.2. The third-order valence-corrected chi connectivity index (χ3v) is 5.65. The minimum atomic E-state index is -0.420. The lowest BCUT2D eigenvalue weighted by atomic mass is 10.00. The predicted octanol–water partition coefficient (Wildman–Crippen LogP) is 8.28. The number of ether oxygens (including phenoxy) is 1. The quantitative estimate of drug-likeness (QED) is 0.100. The van der Waals surface area contributed by atoms with Crippen LogP contribution in [0, 0.1) is 5.92 Å². The number of nitrogens with two attached hydrogens (primary N) is 1. The molecule has 0 saturated heterocycles. The molecule has 1 unspecified atom stereocenters. The van der Waals surface area contributed by atoms with Gasteiger partial charge in [0.1, 0.15) is 11.9 Å².